The van der Waals surface area contributed by atoms with E-state index in [1.54, 1.807) is 17.4 Å². The van der Waals surface area contributed by atoms with E-state index in [2.05, 4.69) is 9.97 Å². The number of benzene rings is 1. The van der Waals surface area contributed by atoms with Crippen LogP contribution in [0.5, 0.6) is 0 Å². The van der Waals surface area contributed by atoms with Crippen LogP contribution in [0.3, 0.4) is 0 Å². The lowest BCUT2D eigenvalue weighted by Crippen LogP contribution is -2.16. The minimum atomic E-state index is -0.648. The first kappa shape index (κ1) is 13.9. The second-order valence-electron chi connectivity index (χ2n) is 4.85. The number of hydrogen-bond donors (Lipinski definition) is 0. The molecule has 0 aliphatic heterocycles. The van der Waals surface area contributed by atoms with Crippen LogP contribution in [0.25, 0.3) is 10.9 Å². The number of anilines is 1. The monoisotopic (exact) mass is 305 g/mol. The molecule has 0 unspecified atom stereocenters. The molecule has 0 fully saturated rings. The van der Waals surface area contributed by atoms with Crippen molar-refractivity contribution >= 4 is 27.9 Å². The molecule has 0 aliphatic rings. The first-order valence-electron chi connectivity index (χ1n) is 6.40. The highest BCUT2D eigenvalue weighted by Gasteiger charge is 2.13. The summed E-state index contributed by atoms with van der Waals surface area (Å²) in [7, 11) is 1.87. The highest BCUT2D eigenvalue weighted by atomic mass is 32.1. The van der Waals surface area contributed by atoms with Gasteiger partial charge in [0.1, 0.15) is 16.3 Å². The largest absolute Gasteiger partial charge is 0.367 e. The maximum absolute atomic E-state index is 13.8. The molecule has 0 saturated heterocycles. The van der Waals surface area contributed by atoms with Crippen molar-refractivity contribution in [3.8, 4) is 0 Å². The van der Waals surface area contributed by atoms with E-state index in [-0.39, 0.29) is 5.52 Å². The summed E-state index contributed by atoms with van der Waals surface area (Å²) in [5.74, 6) is -1.25. The summed E-state index contributed by atoms with van der Waals surface area (Å²) in [6.07, 6.45) is 1.53. The predicted octanol–water partition coefficient (Wildman–Crippen LogP) is 3.91. The van der Waals surface area contributed by atoms with Gasteiger partial charge >= 0.3 is 0 Å². The van der Waals surface area contributed by atoms with E-state index < -0.39 is 11.6 Å². The third-order valence-corrected chi connectivity index (χ3v) is 4.14. The average Bonchev–Trinajstić information content (AvgIpc) is 2.83. The van der Waals surface area contributed by atoms with Gasteiger partial charge in [-0.15, -0.1) is 11.3 Å². The predicted molar refractivity (Wildman–Crippen MR) is 80.6 cm³/mol. The van der Waals surface area contributed by atoms with Crippen LogP contribution >= 0.6 is 11.3 Å². The smallest absolute Gasteiger partial charge is 0.152 e. The Morgan fingerprint density at radius 2 is 2.10 bits per heavy atom. The van der Waals surface area contributed by atoms with Crippen molar-refractivity contribution in [2.45, 2.75) is 13.5 Å². The standard InChI is InChI=1S/C15H13F2N3S/c1-9-8-21-14(19-9)7-20(2)13-3-4-18-15-11(13)5-10(16)6-12(15)17/h3-6,8H,7H2,1-2H3. The first-order valence-corrected chi connectivity index (χ1v) is 7.28. The molecule has 108 valence electrons. The fraction of sp³-hybridized carbons (Fsp3) is 0.200. The lowest BCUT2D eigenvalue weighted by atomic mass is 10.1. The van der Waals surface area contributed by atoms with Crippen molar-refractivity contribution in [2.24, 2.45) is 0 Å². The second-order valence-corrected chi connectivity index (χ2v) is 5.80. The number of nitrogens with zero attached hydrogens (tertiary/aromatic N) is 3. The van der Waals surface area contributed by atoms with Gasteiger partial charge in [-0.25, -0.2) is 13.8 Å². The summed E-state index contributed by atoms with van der Waals surface area (Å²) in [5, 5.41) is 3.40. The SMILES string of the molecule is Cc1csc(CN(C)c2ccnc3c(F)cc(F)cc23)n1. The second kappa shape index (κ2) is 5.37. The number of aromatic nitrogens is 2. The molecular formula is C15H13F2N3S. The van der Waals surface area contributed by atoms with Crippen molar-refractivity contribution in [3.05, 3.63) is 52.1 Å². The van der Waals surface area contributed by atoms with E-state index in [1.165, 1.54) is 12.3 Å². The summed E-state index contributed by atoms with van der Waals surface area (Å²) in [4.78, 5) is 10.3. The molecule has 3 aromatic rings. The average molecular weight is 305 g/mol. The Kier molecular flexibility index (Phi) is 3.55. The van der Waals surface area contributed by atoms with Gasteiger partial charge in [-0.2, -0.15) is 0 Å². The summed E-state index contributed by atoms with van der Waals surface area (Å²) < 4.78 is 27.3. The minimum Gasteiger partial charge on any atom is -0.367 e. The topological polar surface area (TPSA) is 29.0 Å². The van der Waals surface area contributed by atoms with E-state index >= 15 is 0 Å². The van der Waals surface area contributed by atoms with Crippen LogP contribution < -0.4 is 4.90 Å². The van der Waals surface area contributed by atoms with Crippen molar-refractivity contribution < 1.29 is 8.78 Å². The number of aryl methyl sites for hydroxylation is 1. The Morgan fingerprint density at radius 3 is 2.81 bits per heavy atom. The highest BCUT2D eigenvalue weighted by molar-refractivity contribution is 7.09. The van der Waals surface area contributed by atoms with Crippen molar-refractivity contribution in [3.63, 3.8) is 0 Å². The number of fused-ring (bicyclic) bond motifs is 1. The van der Waals surface area contributed by atoms with Crippen molar-refractivity contribution in [1.82, 2.24) is 9.97 Å². The number of halogens is 2. The molecule has 6 heteroatoms. The molecule has 0 atom stereocenters. The fourth-order valence-electron chi connectivity index (χ4n) is 2.26. The fourth-order valence-corrected chi connectivity index (χ4v) is 3.09. The van der Waals surface area contributed by atoms with Gasteiger partial charge < -0.3 is 4.90 Å². The lowest BCUT2D eigenvalue weighted by Gasteiger charge is -2.19. The number of rotatable bonds is 3. The van der Waals surface area contributed by atoms with Gasteiger partial charge in [0, 0.05) is 41.5 Å². The summed E-state index contributed by atoms with van der Waals surface area (Å²) in [6, 6.07) is 3.91. The van der Waals surface area contributed by atoms with E-state index in [1.807, 2.05) is 24.3 Å². The van der Waals surface area contributed by atoms with Crippen LogP contribution in [-0.2, 0) is 6.54 Å². The Bertz CT molecular complexity index is 801. The maximum Gasteiger partial charge on any atom is 0.152 e. The molecule has 3 nitrogen and oxygen atoms in total. The molecule has 0 bridgehead atoms. The van der Waals surface area contributed by atoms with Crippen LogP contribution in [0.2, 0.25) is 0 Å². The van der Waals surface area contributed by atoms with Gasteiger partial charge in [0.05, 0.1) is 6.54 Å². The molecular weight excluding hydrogens is 292 g/mol. The van der Waals surface area contributed by atoms with E-state index in [4.69, 9.17) is 0 Å². The van der Waals surface area contributed by atoms with Crippen LogP contribution in [0.1, 0.15) is 10.7 Å². The Balaban J connectivity index is 2.03. The van der Waals surface area contributed by atoms with Crippen LogP contribution in [-0.4, -0.2) is 17.0 Å². The summed E-state index contributed by atoms with van der Waals surface area (Å²) in [6.45, 7) is 2.52. The van der Waals surface area contributed by atoms with E-state index in [0.717, 1.165) is 22.5 Å². The van der Waals surface area contributed by atoms with E-state index in [0.29, 0.717) is 11.9 Å². The zero-order chi connectivity index (χ0) is 15.0. The van der Waals surface area contributed by atoms with Gasteiger partial charge in [0.15, 0.2) is 5.82 Å². The molecule has 0 aliphatic carbocycles. The van der Waals surface area contributed by atoms with Crippen molar-refractivity contribution in [2.75, 3.05) is 11.9 Å². The zero-order valence-corrected chi connectivity index (χ0v) is 12.4. The Labute approximate surface area is 124 Å². The molecule has 0 amide bonds. The van der Waals surface area contributed by atoms with Gasteiger partial charge in [-0.1, -0.05) is 0 Å². The number of hydrogen-bond acceptors (Lipinski definition) is 4. The molecule has 2 heterocycles. The van der Waals surface area contributed by atoms with Gasteiger partial charge in [0.2, 0.25) is 0 Å². The first-order chi connectivity index (χ1) is 10.0. The minimum absolute atomic E-state index is 0.177. The summed E-state index contributed by atoms with van der Waals surface area (Å²) in [5.41, 5.74) is 1.88. The van der Waals surface area contributed by atoms with Gasteiger partial charge in [0.25, 0.3) is 0 Å². The quantitative estimate of drug-likeness (QED) is 0.734. The molecule has 0 saturated carbocycles. The normalized spacial score (nSPS) is 11.0. The molecule has 3 rings (SSSR count). The molecule has 0 radical (unpaired) electrons. The third kappa shape index (κ3) is 2.71. The zero-order valence-electron chi connectivity index (χ0n) is 11.6. The Morgan fingerprint density at radius 1 is 1.29 bits per heavy atom. The van der Waals surface area contributed by atoms with Gasteiger partial charge in [-0.3, -0.25) is 4.98 Å². The van der Waals surface area contributed by atoms with Crippen LogP contribution in [0, 0.1) is 18.6 Å². The lowest BCUT2D eigenvalue weighted by molar-refractivity contribution is 0.590. The molecule has 21 heavy (non-hydrogen) atoms. The van der Waals surface area contributed by atoms with Crippen molar-refractivity contribution in [1.29, 1.82) is 0 Å². The highest BCUT2D eigenvalue weighted by Crippen LogP contribution is 2.28. The molecule has 0 spiro atoms. The Hall–Kier alpha value is -2.08. The number of thiazole rings is 1. The summed E-state index contributed by atoms with van der Waals surface area (Å²) >= 11 is 1.57. The third-order valence-electron chi connectivity index (χ3n) is 3.19. The molecule has 1 aromatic carbocycles. The molecule has 2 aromatic heterocycles. The molecule has 0 N–H and O–H groups in total. The maximum atomic E-state index is 13.8. The van der Waals surface area contributed by atoms with Crippen LogP contribution in [0.15, 0.2) is 29.8 Å². The van der Waals surface area contributed by atoms with Gasteiger partial charge in [-0.05, 0) is 19.1 Å². The van der Waals surface area contributed by atoms with E-state index in [9.17, 15) is 8.78 Å². The van der Waals surface area contributed by atoms with Crippen LogP contribution in [0.4, 0.5) is 14.5 Å². The number of pyridine rings is 1.